The van der Waals surface area contributed by atoms with Crippen molar-refractivity contribution in [1.29, 1.82) is 0 Å². The van der Waals surface area contributed by atoms with Gasteiger partial charge < -0.3 is 14.4 Å². The number of esters is 1. The van der Waals surface area contributed by atoms with Crippen molar-refractivity contribution in [2.24, 2.45) is 11.3 Å². The maximum absolute atomic E-state index is 12.2. The number of hydrogen-bond donors (Lipinski definition) is 0. The van der Waals surface area contributed by atoms with E-state index in [1.54, 1.807) is 0 Å². The Morgan fingerprint density at radius 3 is 2.23 bits per heavy atom. The third kappa shape index (κ3) is 6.48. The van der Waals surface area contributed by atoms with E-state index < -0.39 is 5.60 Å². The van der Waals surface area contributed by atoms with E-state index in [9.17, 15) is 9.59 Å². The third-order valence-corrected chi connectivity index (χ3v) is 5.94. The lowest BCUT2D eigenvalue weighted by molar-refractivity contribution is -0.143. The molecule has 0 aromatic heterocycles. The van der Waals surface area contributed by atoms with E-state index in [4.69, 9.17) is 9.47 Å². The fourth-order valence-electron chi connectivity index (χ4n) is 4.34. The largest absolute Gasteiger partial charge is 0.466 e. The number of likely N-dealkylation sites (tertiary alicyclic amines) is 1. The van der Waals surface area contributed by atoms with Gasteiger partial charge in [0.1, 0.15) is 5.60 Å². The Hall–Kier alpha value is -1.26. The Balaban J connectivity index is 1.68. The van der Waals surface area contributed by atoms with Crippen molar-refractivity contribution in [3.05, 3.63) is 0 Å². The van der Waals surface area contributed by atoms with Crippen molar-refractivity contribution in [2.45, 2.75) is 91.1 Å². The van der Waals surface area contributed by atoms with Crippen LogP contribution in [0.4, 0.5) is 4.79 Å². The number of carbonyl (C=O) groups is 2. The van der Waals surface area contributed by atoms with Crippen LogP contribution in [0, 0.1) is 11.3 Å². The van der Waals surface area contributed by atoms with E-state index in [0.717, 1.165) is 44.7 Å². The fraction of sp³-hybridized carbons (Fsp3) is 0.905. The molecule has 0 aromatic carbocycles. The highest BCUT2D eigenvalue weighted by molar-refractivity contribution is 5.69. The normalized spacial score (nSPS) is 20.8. The van der Waals surface area contributed by atoms with E-state index in [1.807, 2.05) is 32.6 Å². The fourth-order valence-corrected chi connectivity index (χ4v) is 4.34. The predicted molar refractivity (Wildman–Crippen MR) is 102 cm³/mol. The Morgan fingerprint density at radius 1 is 1.08 bits per heavy atom. The third-order valence-electron chi connectivity index (χ3n) is 5.94. The molecule has 0 radical (unpaired) electrons. The molecular formula is C21H37NO4. The summed E-state index contributed by atoms with van der Waals surface area (Å²) in [6.07, 6.45) is 9.72. The van der Waals surface area contributed by atoms with Crippen LogP contribution in [-0.2, 0) is 14.3 Å². The number of piperidine rings is 1. The van der Waals surface area contributed by atoms with Gasteiger partial charge in [0.2, 0.25) is 0 Å². The van der Waals surface area contributed by atoms with E-state index in [2.05, 4.69) is 0 Å². The van der Waals surface area contributed by atoms with Crippen LogP contribution in [0.25, 0.3) is 0 Å². The maximum atomic E-state index is 12.2. The summed E-state index contributed by atoms with van der Waals surface area (Å²) in [5, 5.41) is 0. The first kappa shape index (κ1) is 21.0. The van der Waals surface area contributed by atoms with Gasteiger partial charge >= 0.3 is 12.1 Å². The van der Waals surface area contributed by atoms with Crippen molar-refractivity contribution in [2.75, 3.05) is 19.7 Å². The van der Waals surface area contributed by atoms with Gasteiger partial charge in [-0.1, -0.05) is 0 Å². The lowest BCUT2D eigenvalue weighted by Gasteiger charge is -2.46. The smallest absolute Gasteiger partial charge is 0.410 e. The summed E-state index contributed by atoms with van der Waals surface area (Å²) in [6.45, 7) is 9.72. The van der Waals surface area contributed by atoms with Crippen molar-refractivity contribution in [3.63, 3.8) is 0 Å². The SMILES string of the molecule is CCOC(=O)CCCC1CCC2(CC1)CCN(C(=O)OC(C)(C)C)CC2. The number of hydrogen-bond acceptors (Lipinski definition) is 4. The van der Waals surface area contributed by atoms with Crippen molar-refractivity contribution in [1.82, 2.24) is 4.90 Å². The van der Waals surface area contributed by atoms with Crippen LogP contribution in [-0.4, -0.2) is 42.3 Å². The van der Waals surface area contributed by atoms with Crippen LogP contribution in [0.3, 0.4) is 0 Å². The van der Waals surface area contributed by atoms with Crippen molar-refractivity contribution < 1.29 is 19.1 Å². The predicted octanol–water partition coefficient (Wildman–Crippen LogP) is 4.93. The number of amides is 1. The summed E-state index contributed by atoms with van der Waals surface area (Å²) in [5.74, 6) is 0.688. The van der Waals surface area contributed by atoms with Gasteiger partial charge in [-0.05, 0) is 90.4 Å². The Morgan fingerprint density at radius 2 is 1.69 bits per heavy atom. The molecule has 1 heterocycles. The molecule has 1 saturated heterocycles. The van der Waals surface area contributed by atoms with Crippen LogP contribution in [0.15, 0.2) is 0 Å². The summed E-state index contributed by atoms with van der Waals surface area (Å²) in [5.41, 5.74) is 0.00395. The molecule has 1 aliphatic heterocycles. The molecule has 5 nitrogen and oxygen atoms in total. The zero-order chi connectivity index (χ0) is 19.2. The second-order valence-corrected chi connectivity index (χ2v) is 9.11. The van der Waals surface area contributed by atoms with Crippen molar-refractivity contribution in [3.8, 4) is 0 Å². The molecule has 0 bridgehead atoms. The van der Waals surface area contributed by atoms with Gasteiger partial charge in [0.15, 0.2) is 0 Å². The standard InChI is InChI=1S/C21H37NO4/c1-5-25-18(23)8-6-7-17-9-11-21(12-10-17)13-15-22(16-14-21)19(24)26-20(2,3)4/h17H,5-16H2,1-4H3. The maximum Gasteiger partial charge on any atom is 0.410 e. The first-order chi connectivity index (χ1) is 12.2. The molecule has 1 aliphatic carbocycles. The van der Waals surface area contributed by atoms with E-state index >= 15 is 0 Å². The molecular weight excluding hydrogens is 330 g/mol. The van der Waals surface area contributed by atoms with Gasteiger partial charge in [-0.25, -0.2) is 4.79 Å². The zero-order valence-corrected chi connectivity index (χ0v) is 17.1. The molecule has 1 amide bonds. The minimum absolute atomic E-state index is 0.0608. The lowest BCUT2D eigenvalue weighted by atomic mass is 9.65. The molecule has 0 unspecified atom stereocenters. The van der Waals surface area contributed by atoms with Gasteiger partial charge in [0.05, 0.1) is 6.61 Å². The van der Waals surface area contributed by atoms with Gasteiger partial charge in [-0.3, -0.25) is 4.79 Å². The van der Waals surface area contributed by atoms with Crippen LogP contribution >= 0.6 is 0 Å². The molecule has 1 spiro atoms. The van der Waals surface area contributed by atoms with E-state index in [1.165, 1.54) is 25.7 Å². The summed E-state index contributed by atoms with van der Waals surface area (Å²) < 4.78 is 10.5. The molecule has 2 rings (SSSR count). The Kier molecular flexibility index (Phi) is 7.36. The average molecular weight is 368 g/mol. The molecule has 0 N–H and O–H groups in total. The highest BCUT2D eigenvalue weighted by Crippen LogP contribution is 2.47. The molecule has 150 valence electrons. The highest BCUT2D eigenvalue weighted by atomic mass is 16.6. The van der Waals surface area contributed by atoms with Gasteiger partial charge in [0, 0.05) is 19.5 Å². The average Bonchev–Trinajstić information content (AvgIpc) is 2.56. The molecule has 2 aliphatic rings. The van der Waals surface area contributed by atoms with Gasteiger partial charge in [0.25, 0.3) is 0 Å². The van der Waals surface area contributed by atoms with E-state index in [0.29, 0.717) is 18.4 Å². The first-order valence-electron chi connectivity index (χ1n) is 10.4. The number of ether oxygens (including phenoxy) is 2. The molecule has 5 heteroatoms. The van der Waals surface area contributed by atoms with Crippen LogP contribution in [0.1, 0.15) is 85.5 Å². The second kappa shape index (κ2) is 9.09. The minimum Gasteiger partial charge on any atom is -0.466 e. The quantitative estimate of drug-likeness (QED) is 0.647. The van der Waals surface area contributed by atoms with E-state index in [-0.39, 0.29) is 12.1 Å². The van der Waals surface area contributed by atoms with Gasteiger partial charge in [-0.15, -0.1) is 0 Å². The van der Waals surface area contributed by atoms with Gasteiger partial charge in [-0.2, -0.15) is 0 Å². The Bertz CT molecular complexity index is 465. The summed E-state index contributed by atoms with van der Waals surface area (Å²) in [4.78, 5) is 25.5. The Labute approximate surface area is 158 Å². The number of nitrogens with zero attached hydrogens (tertiary/aromatic N) is 1. The molecule has 2 fully saturated rings. The van der Waals surface area contributed by atoms with Crippen LogP contribution < -0.4 is 0 Å². The molecule has 26 heavy (non-hydrogen) atoms. The summed E-state index contributed by atoms with van der Waals surface area (Å²) in [6, 6.07) is 0. The summed E-state index contributed by atoms with van der Waals surface area (Å²) in [7, 11) is 0. The minimum atomic E-state index is -0.423. The lowest BCUT2D eigenvalue weighted by Crippen LogP contribution is -2.46. The number of carbonyl (C=O) groups excluding carboxylic acids is 2. The highest BCUT2D eigenvalue weighted by Gasteiger charge is 2.39. The molecule has 0 aromatic rings. The topological polar surface area (TPSA) is 55.8 Å². The van der Waals surface area contributed by atoms with Crippen LogP contribution in [0.5, 0.6) is 0 Å². The van der Waals surface area contributed by atoms with Crippen LogP contribution in [0.2, 0.25) is 0 Å². The number of rotatable bonds is 5. The summed E-state index contributed by atoms with van der Waals surface area (Å²) >= 11 is 0. The molecule has 0 atom stereocenters. The molecule has 1 saturated carbocycles. The zero-order valence-electron chi connectivity index (χ0n) is 17.1. The van der Waals surface area contributed by atoms with Crippen molar-refractivity contribution >= 4 is 12.1 Å². The second-order valence-electron chi connectivity index (χ2n) is 9.11. The first-order valence-corrected chi connectivity index (χ1v) is 10.4. The monoisotopic (exact) mass is 367 g/mol.